The van der Waals surface area contributed by atoms with Gasteiger partial charge in [-0.15, -0.1) is 0 Å². The van der Waals surface area contributed by atoms with Gasteiger partial charge >= 0.3 is 6.18 Å². The molecule has 0 aliphatic carbocycles. The average Bonchev–Trinajstić information content (AvgIpc) is 2.51. The van der Waals surface area contributed by atoms with E-state index in [2.05, 4.69) is 15.6 Å². The molecule has 1 rings (SSSR count). The summed E-state index contributed by atoms with van der Waals surface area (Å²) in [6.07, 6.45) is -3.35. The molecule has 0 aliphatic rings. The van der Waals surface area contributed by atoms with Crippen LogP contribution >= 0.6 is 0 Å². The molecule has 0 unspecified atom stereocenters. The average molecular weight is 331 g/mol. The molecule has 0 aromatic heterocycles. The van der Waals surface area contributed by atoms with Gasteiger partial charge in [-0.25, -0.2) is 0 Å². The van der Waals surface area contributed by atoms with E-state index in [4.69, 9.17) is 4.74 Å². The number of aryl methyl sites for hydroxylation is 1. The fourth-order valence-electron chi connectivity index (χ4n) is 1.93. The molecular formula is C16H24F3N3O. The number of hydrogen-bond acceptors (Lipinski definition) is 2. The van der Waals surface area contributed by atoms with Crippen LogP contribution in [-0.2, 0) is 6.42 Å². The van der Waals surface area contributed by atoms with Crippen molar-refractivity contribution in [2.24, 2.45) is 4.99 Å². The minimum absolute atomic E-state index is 0.173. The summed E-state index contributed by atoms with van der Waals surface area (Å²) in [5.41, 5.74) is 1.18. The van der Waals surface area contributed by atoms with Crippen molar-refractivity contribution < 1.29 is 17.9 Å². The summed E-state index contributed by atoms with van der Waals surface area (Å²) in [6.45, 7) is 2.86. The van der Waals surface area contributed by atoms with Crippen molar-refractivity contribution in [2.75, 3.05) is 26.7 Å². The lowest BCUT2D eigenvalue weighted by Crippen LogP contribution is -2.39. The molecule has 0 fully saturated rings. The number of guanidine groups is 1. The highest BCUT2D eigenvalue weighted by molar-refractivity contribution is 5.79. The van der Waals surface area contributed by atoms with Crippen LogP contribution in [0.25, 0.3) is 0 Å². The summed E-state index contributed by atoms with van der Waals surface area (Å²) in [5, 5.41) is 5.63. The fraction of sp³-hybridized carbons (Fsp3) is 0.562. The van der Waals surface area contributed by atoms with Crippen LogP contribution in [0.1, 0.15) is 25.3 Å². The van der Waals surface area contributed by atoms with Gasteiger partial charge in [0, 0.05) is 19.6 Å². The second kappa shape index (κ2) is 9.97. The number of ether oxygens (including phenoxy) is 1. The third kappa shape index (κ3) is 8.95. The normalized spacial score (nSPS) is 12.1. The molecule has 0 saturated heterocycles. The molecule has 1 aromatic carbocycles. The van der Waals surface area contributed by atoms with Crippen molar-refractivity contribution in [1.29, 1.82) is 0 Å². The predicted octanol–water partition coefficient (Wildman–Crippen LogP) is 3.14. The number of aliphatic imine (C=N–C) groups is 1. The van der Waals surface area contributed by atoms with E-state index < -0.39 is 12.6 Å². The number of methoxy groups -OCH3 is 1. The van der Waals surface area contributed by atoms with Gasteiger partial charge in [0.25, 0.3) is 0 Å². The van der Waals surface area contributed by atoms with Gasteiger partial charge in [0.05, 0.1) is 13.5 Å². The summed E-state index contributed by atoms with van der Waals surface area (Å²) in [6, 6.07) is 7.80. The number of rotatable bonds is 8. The molecule has 7 heteroatoms. The highest BCUT2D eigenvalue weighted by Gasteiger charge is 2.26. The predicted molar refractivity (Wildman–Crippen MR) is 86.0 cm³/mol. The fourth-order valence-corrected chi connectivity index (χ4v) is 1.93. The van der Waals surface area contributed by atoms with Crippen molar-refractivity contribution in [3.05, 3.63) is 29.8 Å². The second-order valence-electron chi connectivity index (χ2n) is 5.00. The zero-order valence-electron chi connectivity index (χ0n) is 13.5. The van der Waals surface area contributed by atoms with E-state index in [1.54, 1.807) is 7.11 Å². The zero-order chi connectivity index (χ0) is 17.1. The second-order valence-corrected chi connectivity index (χ2v) is 5.00. The first-order chi connectivity index (χ1) is 10.9. The highest BCUT2D eigenvalue weighted by atomic mass is 19.4. The third-order valence-corrected chi connectivity index (χ3v) is 3.10. The first-order valence-corrected chi connectivity index (χ1v) is 7.66. The Morgan fingerprint density at radius 3 is 2.43 bits per heavy atom. The molecule has 1 aromatic rings. The lowest BCUT2D eigenvalue weighted by atomic mass is 10.1. The lowest BCUT2D eigenvalue weighted by Gasteiger charge is -2.12. The van der Waals surface area contributed by atoms with Gasteiger partial charge in [-0.2, -0.15) is 13.2 Å². The Labute approximate surface area is 135 Å². The maximum atomic E-state index is 12.1. The maximum Gasteiger partial charge on any atom is 0.390 e. The number of nitrogens with one attached hydrogen (secondary N) is 2. The zero-order valence-corrected chi connectivity index (χ0v) is 13.5. The summed E-state index contributed by atoms with van der Waals surface area (Å²) in [7, 11) is 1.62. The number of halogens is 3. The van der Waals surface area contributed by atoms with E-state index in [0.29, 0.717) is 19.0 Å². The molecule has 0 atom stereocenters. The van der Waals surface area contributed by atoms with Crippen molar-refractivity contribution in [2.45, 2.75) is 32.4 Å². The van der Waals surface area contributed by atoms with Crippen LogP contribution in [-0.4, -0.2) is 38.9 Å². The Hall–Kier alpha value is -1.92. The number of nitrogens with zero attached hydrogens (tertiary/aromatic N) is 1. The van der Waals surface area contributed by atoms with Crippen LogP contribution in [0.3, 0.4) is 0 Å². The van der Waals surface area contributed by atoms with Gasteiger partial charge in [-0.1, -0.05) is 12.1 Å². The Kier molecular flexibility index (Phi) is 8.29. The molecule has 0 heterocycles. The highest BCUT2D eigenvalue weighted by Crippen LogP contribution is 2.18. The van der Waals surface area contributed by atoms with Crippen molar-refractivity contribution in [3.8, 4) is 5.75 Å². The van der Waals surface area contributed by atoms with Gasteiger partial charge in [0.15, 0.2) is 5.96 Å². The van der Waals surface area contributed by atoms with Crippen LogP contribution < -0.4 is 15.4 Å². The molecule has 130 valence electrons. The van der Waals surface area contributed by atoms with E-state index in [-0.39, 0.29) is 6.54 Å². The molecule has 0 amide bonds. The van der Waals surface area contributed by atoms with Gasteiger partial charge in [-0.3, -0.25) is 4.99 Å². The minimum Gasteiger partial charge on any atom is -0.497 e. The first-order valence-electron chi connectivity index (χ1n) is 7.66. The van der Waals surface area contributed by atoms with Gasteiger partial charge in [0.2, 0.25) is 0 Å². The van der Waals surface area contributed by atoms with Crippen LogP contribution in [0.4, 0.5) is 13.2 Å². The molecule has 23 heavy (non-hydrogen) atoms. The Balaban J connectivity index is 2.35. The summed E-state index contributed by atoms with van der Waals surface area (Å²) >= 11 is 0. The Bertz CT molecular complexity index is 472. The monoisotopic (exact) mass is 331 g/mol. The Morgan fingerprint density at radius 2 is 1.87 bits per heavy atom. The SMILES string of the molecule is CCNC(=NCCCc1ccc(OC)cc1)NCCC(F)(F)F. The van der Waals surface area contributed by atoms with Crippen molar-refractivity contribution in [1.82, 2.24) is 10.6 Å². The van der Waals surface area contributed by atoms with E-state index in [1.165, 1.54) is 5.56 Å². The van der Waals surface area contributed by atoms with Crippen molar-refractivity contribution >= 4 is 5.96 Å². The molecule has 0 spiro atoms. The molecule has 0 saturated carbocycles. The van der Waals surface area contributed by atoms with E-state index in [9.17, 15) is 13.2 Å². The van der Waals surface area contributed by atoms with Crippen LogP contribution in [0.15, 0.2) is 29.3 Å². The lowest BCUT2D eigenvalue weighted by molar-refractivity contribution is -0.132. The smallest absolute Gasteiger partial charge is 0.390 e. The standard InChI is InChI=1S/C16H24F3N3O/c1-3-20-15(22-12-10-16(17,18)19)21-11-4-5-13-6-8-14(23-2)9-7-13/h6-9H,3-5,10-12H2,1-2H3,(H2,20,21,22). The molecular weight excluding hydrogens is 307 g/mol. The molecule has 0 aliphatic heterocycles. The van der Waals surface area contributed by atoms with Crippen LogP contribution in [0.2, 0.25) is 0 Å². The first kappa shape index (κ1) is 19.1. The topological polar surface area (TPSA) is 45.7 Å². The molecule has 0 bridgehead atoms. The van der Waals surface area contributed by atoms with Crippen molar-refractivity contribution in [3.63, 3.8) is 0 Å². The number of benzene rings is 1. The van der Waals surface area contributed by atoms with Gasteiger partial charge in [0.1, 0.15) is 5.75 Å². The van der Waals surface area contributed by atoms with E-state index >= 15 is 0 Å². The van der Waals surface area contributed by atoms with Gasteiger partial charge in [-0.05, 0) is 37.5 Å². The number of alkyl halides is 3. The van der Waals surface area contributed by atoms with Crippen LogP contribution in [0.5, 0.6) is 5.75 Å². The summed E-state index contributed by atoms with van der Waals surface area (Å²) in [4.78, 5) is 4.28. The van der Waals surface area contributed by atoms with Gasteiger partial charge < -0.3 is 15.4 Å². The van der Waals surface area contributed by atoms with Crippen LogP contribution in [0, 0.1) is 0 Å². The maximum absolute atomic E-state index is 12.1. The van der Waals surface area contributed by atoms with E-state index in [1.807, 2.05) is 31.2 Å². The summed E-state index contributed by atoms with van der Waals surface area (Å²) in [5.74, 6) is 1.24. The largest absolute Gasteiger partial charge is 0.497 e. The third-order valence-electron chi connectivity index (χ3n) is 3.10. The quantitative estimate of drug-likeness (QED) is 0.437. The minimum atomic E-state index is -4.15. The number of hydrogen-bond donors (Lipinski definition) is 2. The molecule has 2 N–H and O–H groups in total. The molecule has 4 nitrogen and oxygen atoms in total. The Morgan fingerprint density at radius 1 is 1.17 bits per heavy atom. The summed E-state index contributed by atoms with van der Waals surface area (Å²) < 4.78 is 41.5. The molecule has 0 radical (unpaired) electrons. The van der Waals surface area contributed by atoms with E-state index in [0.717, 1.165) is 18.6 Å².